The lowest BCUT2D eigenvalue weighted by atomic mass is 9.78. The number of aliphatic hydroxyl groups excluding tert-OH is 1. The Kier molecular flexibility index (Phi) is 1.77. The highest BCUT2D eigenvalue weighted by Gasteiger charge is 2.48. The first-order chi connectivity index (χ1) is 5.66. The zero-order valence-electron chi connectivity index (χ0n) is 7.87. The lowest BCUT2D eigenvalue weighted by molar-refractivity contribution is 0.0863. The van der Waals surface area contributed by atoms with E-state index in [2.05, 4.69) is 20.8 Å². The van der Waals surface area contributed by atoms with Crippen LogP contribution in [0.25, 0.3) is 0 Å². The number of hydrogen-bond donors (Lipinski definition) is 1. The van der Waals surface area contributed by atoms with Crippen molar-refractivity contribution in [3.8, 4) is 0 Å². The third kappa shape index (κ3) is 0.824. The van der Waals surface area contributed by atoms with Crippen molar-refractivity contribution < 1.29 is 9.84 Å². The molecule has 1 saturated heterocycles. The van der Waals surface area contributed by atoms with Crippen LogP contribution in [-0.4, -0.2) is 23.9 Å². The van der Waals surface area contributed by atoms with Gasteiger partial charge in [0.2, 0.25) is 0 Å². The second-order valence-electron chi connectivity index (χ2n) is 4.05. The number of hydrogen-bond acceptors (Lipinski definition) is 2. The van der Waals surface area contributed by atoms with E-state index in [4.69, 9.17) is 9.84 Å². The molecule has 0 aromatic rings. The molecule has 2 bridgehead atoms. The molecular formula is C10H16O2. The average Bonchev–Trinajstić information content (AvgIpc) is 2.51. The molecule has 0 saturated carbocycles. The highest BCUT2D eigenvalue weighted by molar-refractivity contribution is 5.30. The Balaban J connectivity index is 2.30. The zero-order chi connectivity index (χ0) is 8.88. The Labute approximate surface area is 73.2 Å². The summed E-state index contributed by atoms with van der Waals surface area (Å²) in [6.07, 6.45) is 0.488. The van der Waals surface area contributed by atoms with Gasteiger partial charge in [0.1, 0.15) is 0 Å². The quantitative estimate of drug-likeness (QED) is 0.599. The lowest BCUT2D eigenvalue weighted by Crippen LogP contribution is -2.28. The summed E-state index contributed by atoms with van der Waals surface area (Å²) < 4.78 is 5.78. The minimum atomic E-state index is 0.204. The van der Waals surface area contributed by atoms with E-state index < -0.39 is 0 Å². The Bertz CT molecular complexity index is 232. The number of aliphatic hydroxyl groups is 1. The monoisotopic (exact) mass is 168 g/mol. The van der Waals surface area contributed by atoms with E-state index in [-0.39, 0.29) is 18.8 Å². The van der Waals surface area contributed by atoms with E-state index in [1.165, 1.54) is 11.1 Å². The van der Waals surface area contributed by atoms with Gasteiger partial charge in [-0.05, 0) is 30.9 Å². The molecule has 2 aliphatic heterocycles. The molecule has 0 aromatic carbocycles. The Morgan fingerprint density at radius 1 is 1.25 bits per heavy atom. The van der Waals surface area contributed by atoms with Crippen LogP contribution < -0.4 is 0 Å². The van der Waals surface area contributed by atoms with Crippen LogP contribution in [0, 0.1) is 11.8 Å². The van der Waals surface area contributed by atoms with Crippen molar-refractivity contribution in [3.05, 3.63) is 11.1 Å². The summed E-state index contributed by atoms with van der Waals surface area (Å²) in [6, 6.07) is 0. The average molecular weight is 168 g/mol. The van der Waals surface area contributed by atoms with Crippen molar-refractivity contribution in [1.29, 1.82) is 0 Å². The van der Waals surface area contributed by atoms with Gasteiger partial charge in [-0.3, -0.25) is 0 Å². The first-order valence-electron chi connectivity index (χ1n) is 4.60. The van der Waals surface area contributed by atoms with E-state index in [9.17, 15) is 0 Å². The Hall–Kier alpha value is -0.340. The standard InChI is InChI=1S/C10H16O2/c1-5-6(2)10-8(4-11)7(3)9(5)12-10/h7-11H,4H2,1-3H3/t7?,8?,9-,10+/m1/s1. The molecule has 2 unspecified atom stereocenters. The third-order valence-electron chi connectivity index (χ3n) is 3.52. The normalized spacial score (nSPS) is 46.0. The van der Waals surface area contributed by atoms with Crippen LogP contribution in [0.2, 0.25) is 0 Å². The molecule has 68 valence electrons. The summed E-state index contributed by atoms with van der Waals surface area (Å²) in [5.41, 5.74) is 2.73. The number of ether oxygens (including phenoxy) is 1. The predicted molar refractivity (Wildman–Crippen MR) is 46.8 cm³/mol. The summed E-state index contributed by atoms with van der Waals surface area (Å²) >= 11 is 0. The van der Waals surface area contributed by atoms with Crippen LogP contribution in [0.1, 0.15) is 20.8 Å². The summed E-state index contributed by atoms with van der Waals surface area (Å²) in [7, 11) is 0. The third-order valence-corrected chi connectivity index (χ3v) is 3.52. The van der Waals surface area contributed by atoms with Gasteiger partial charge in [0.15, 0.2) is 0 Å². The molecule has 1 fully saturated rings. The van der Waals surface area contributed by atoms with E-state index in [1.54, 1.807) is 0 Å². The van der Waals surface area contributed by atoms with Gasteiger partial charge >= 0.3 is 0 Å². The zero-order valence-corrected chi connectivity index (χ0v) is 7.87. The van der Waals surface area contributed by atoms with Crippen molar-refractivity contribution in [2.45, 2.75) is 33.0 Å². The summed E-state index contributed by atoms with van der Waals surface area (Å²) in [4.78, 5) is 0. The van der Waals surface area contributed by atoms with Crippen LogP contribution >= 0.6 is 0 Å². The SMILES string of the molecule is CC1=C(C)[C@@H]2O[C@H]1C(C)C2CO. The molecule has 1 N–H and O–H groups in total. The van der Waals surface area contributed by atoms with Gasteiger partial charge in [0.05, 0.1) is 12.2 Å². The van der Waals surface area contributed by atoms with E-state index in [1.807, 2.05) is 0 Å². The van der Waals surface area contributed by atoms with Crippen LogP contribution in [0.15, 0.2) is 11.1 Å². The first kappa shape index (κ1) is 8.27. The highest BCUT2D eigenvalue weighted by atomic mass is 16.5. The van der Waals surface area contributed by atoms with Crippen molar-refractivity contribution >= 4 is 0 Å². The fourth-order valence-electron chi connectivity index (χ4n) is 2.51. The van der Waals surface area contributed by atoms with E-state index in [0.717, 1.165) is 0 Å². The van der Waals surface area contributed by atoms with E-state index in [0.29, 0.717) is 11.8 Å². The first-order valence-corrected chi connectivity index (χ1v) is 4.60. The molecule has 0 amide bonds. The lowest BCUT2D eigenvalue weighted by Gasteiger charge is -2.24. The predicted octanol–water partition coefficient (Wildman–Crippen LogP) is 1.35. The summed E-state index contributed by atoms with van der Waals surface area (Å²) in [5.74, 6) is 0.822. The smallest absolute Gasteiger partial charge is 0.0847 e. The minimum Gasteiger partial charge on any atom is -0.396 e. The maximum Gasteiger partial charge on any atom is 0.0847 e. The van der Waals surface area contributed by atoms with Gasteiger partial charge in [-0.1, -0.05) is 6.92 Å². The van der Waals surface area contributed by atoms with Gasteiger partial charge in [0.25, 0.3) is 0 Å². The van der Waals surface area contributed by atoms with Gasteiger partial charge in [-0.25, -0.2) is 0 Å². The Morgan fingerprint density at radius 2 is 1.83 bits per heavy atom. The molecule has 4 atom stereocenters. The van der Waals surface area contributed by atoms with Crippen LogP contribution in [-0.2, 0) is 4.74 Å². The van der Waals surface area contributed by atoms with Crippen LogP contribution in [0.5, 0.6) is 0 Å². The van der Waals surface area contributed by atoms with E-state index >= 15 is 0 Å². The Morgan fingerprint density at radius 3 is 2.33 bits per heavy atom. The van der Waals surface area contributed by atoms with Crippen molar-refractivity contribution in [3.63, 3.8) is 0 Å². The molecule has 12 heavy (non-hydrogen) atoms. The summed E-state index contributed by atoms with van der Waals surface area (Å²) in [5, 5.41) is 9.16. The van der Waals surface area contributed by atoms with Gasteiger partial charge in [-0.2, -0.15) is 0 Å². The molecule has 0 aromatic heterocycles. The molecule has 2 heteroatoms. The highest BCUT2D eigenvalue weighted by Crippen LogP contribution is 2.45. The maximum atomic E-state index is 9.16. The fourth-order valence-corrected chi connectivity index (χ4v) is 2.51. The largest absolute Gasteiger partial charge is 0.396 e. The van der Waals surface area contributed by atoms with Gasteiger partial charge < -0.3 is 9.84 Å². The molecule has 2 rings (SSSR count). The van der Waals surface area contributed by atoms with Crippen LogP contribution in [0.3, 0.4) is 0 Å². The summed E-state index contributed by atoms with van der Waals surface area (Å²) in [6.45, 7) is 6.69. The van der Waals surface area contributed by atoms with Gasteiger partial charge in [-0.15, -0.1) is 0 Å². The van der Waals surface area contributed by atoms with Gasteiger partial charge in [0, 0.05) is 12.5 Å². The fraction of sp³-hybridized carbons (Fsp3) is 0.800. The minimum absolute atomic E-state index is 0.204. The molecule has 0 aliphatic carbocycles. The molecule has 2 heterocycles. The second-order valence-corrected chi connectivity index (χ2v) is 4.05. The maximum absolute atomic E-state index is 9.16. The van der Waals surface area contributed by atoms with Crippen molar-refractivity contribution in [1.82, 2.24) is 0 Å². The molecule has 2 aliphatic rings. The number of rotatable bonds is 1. The van der Waals surface area contributed by atoms with Crippen molar-refractivity contribution in [2.75, 3.05) is 6.61 Å². The molecular weight excluding hydrogens is 152 g/mol. The second kappa shape index (κ2) is 2.57. The number of fused-ring (bicyclic) bond motifs is 2. The molecule has 2 nitrogen and oxygen atoms in total. The van der Waals surface area contributed by atoms with Crippen LogP contribution in [0.4, 0.5) is 0 Å². The molecule has 0 radical (unpaired) electrons. The molecule has 0 spiro atoms. The van der Waals surface area contributed by atoms with Crippen molar-refractivity contribution in [2.24, 2.45) is 11.8 Å². The topological polar surface area (TPSA) is 29.5 Å².